The molecule has 0 aliphatic carbocycles. The normalized spacial score (nSPS) is 17.8. The van der Waals surface area contributed by atoms with E-state index < -0.39 is 11.7 Å². The Balaban J connectivity index is 2.02. The standard InChI is InChI=1S/C18H26F3N3O2/c1-3-22-16(24-13-17(25-2)7-9-26-10-8-17)23-12-14-5-4-6-15(11-14)18(19,20)21/h4-6,11H,3,7-10,12-13H2,1-2H3,(H2,22,23,24). The van der Waals surface area contributed by atoms with Crippen LogP contribution in [0.4, 0.5) is 13.2 Å². The van der Waals surface area contributed by atoms with Crippen molar-refractivity contribution in [1.82, 2.24) is 10.6 Å². The summed E-state index contributed by atoms with van der Waals surface area (Å²) in [4.78, 5) is 4.40. The highest BCUT2D eigenvalue weighted by atomic mass is 19.4. The Morgan fingerprint density at radius 3 is 2.62 bits per heavy atom. The molecule has 146 valence electrons. The fourth-order valence-electron chi connectivity index (χ4n) is 2.80. The van der Waals surface area contributed by atoms with Crippen LogP contribution in [0.5, 0.6) is 0 Å². The summed E-state index contributed by atoms with van der Waals surface area (Å²) in [6.45, 7) is 4.59. The number of aliphatic imine (C=N–C) groups is 1. The molecule has 0 aromatic heterocycles. The van der Waals surface area contributed by atoms with E-state index in [0.717, 1.165) is 25.0 Å². The van der Waals surface area contributed by atoms with Gasteiger partial charge in [-0.1, -0.05) is 12.1 Å². The van der Waals surface area contributed by atoms with Gasteiger partial charge in [0.05, 0.1) is 17.7 Å². The van der Waals surface area contributed by atoms with Crippen molar-refractivity contribution < 1.29 is 22.6 Å². The summed E-state index contributed by atoms with van der Waals surface area (Å²) in [7, 11) is 1.68. The lowest BCUT2D eigenvalue weighted by atomic mass is 9.94. The Morgan fingerprint density at radius 2 is 2.00 bits per heavy atom. The summed E-state index contributed by atoms with van der Waals surface area (Å²) in [6.07, 6.45) is -2.79. The predicted octanol–water partition coefficient (Wildman–Crippen LogP) is 2.96. The van der Waals surface area contributed by atoms with Gasteiger partial charge in [-0.05, 0) is 24.6 Å². The zero-order valence-corrected chi connectivity index (χ0v) is 15.2. The van der Waals surface area contributed by atoms with Gasteiger partial charge in [-0.25, -0.2) is 4.99 Å². The number of guanidine groups is 1. The van der Waals surface area contributed by atoms with Crippen molar-refractivity contribution in [1.29, 1.82) is 0 Å². The number of rotatable bonds is 6. The fraction of sp³-hybridized carbons (Fsp3) is 0.611. The third kappa shape index (κ3) is 5.88. The summed E-state index contributed by atoms with van der Waals surface area (Å²) in [5.74, 6) is 0.549. The molecule has 5 nitrogen and oxygen atoms in total. The van der Waals surface area contributed by atoms with Gasteiger partial charge in [0.25, 0.3) is 0 Å². The van der Waals surface area contributed by atoms with Gasteiger partial charge >= 0.3 is 6.18 Å². The summed E-state index contributed by atoms with van der Waals surface area (Å²) < 4.78 is 49.5. The Labute approximate surface area is 152 Å². The Morgan fingerprint density at radius 1 is 1.27 bits per heavy atom. The van der Waals surface area contributed by atoms with Crippen LogP contribution in [0.25, 0.3) is 0 Å². The molecule has 1 aromatic rings. The first-order chi connectivity index (χ1) is 12.4. The van der Waals surface area contributed by atoms with Crippen LogP contribution in [-0.4, -0.2) is 45.0 Å². The third-order valence-corrected chi connectivity index (χ3v) is 4.43. The van der Waals surface area contributed by atoms with Crippen LogP contribution < -0.4 is 10.6 Å². The van der Waals surface area contributed by atoms with Gasteiger partial charge in [-0.2, -0.15) is 13.2 Å². The minimum Gasteiger partial charge on any atom is -0.381 e. The zero-order valence-electron chi connectivity index (χ0n) is 15.2. The molecular formula is C18H26F3N3O2. The van der Waals surface area contributed by atoms with Gasteiger partial charge in [0.1, 0.15) is 0 Å². The SMILES string of the molecule is CCNC(=NCc1cccc(C(F)(F)F)c1)NCC1(OC)CCOCC1. The van der Waals surface area contributed by atoms with Gasteiger partial charge in [-0.15, -0.1) is 0 Å². The summed E-state index contributed by atoms with van der Waals surface area (Å²) >= 11 is 0. The first-order valence-corrected chi connectivity index (χ1v) is 8.70. The molecule has 0 amide bonds. The van der Waals surface area contributed by atoms with E-state index in [2.05, 4.69) is 15.6 Å². The highest BCUT2D eigenvalue weighted by molar-refractivity contribution is 5.79. The quantitative estimate of drug-likeness (QED) is 0.595. The highest BCUT2D eigenvalue weighted by Gasteiger charge is 2.32. The van der Waals surface area contributed by atoms with E-state index in [1.807, 2.05) is 6.92 Å². The molecule has 0 atom stereocenters. The largest absolute Gasteiger partial charge is 0.416 e. The van der Waals surface area contributed by atoms with Crippen molar-refractivity contribution in [3.8, 4) is 0 Å². The molecule has 1 aromatic carbocycles. The second-order valence-electron chi connectivity index (χ2n) is 6.25. The molecule has 1 aliphatic rings. The predicted molar refractivity (Wildman–Crippen MR) is 94.1 cm³/mol. The fourth-order valence-corrected chi connectivity index (χ4v) is 2.80. The van der Waals surface area contributed by atoms with Crippen LogP contribution in [0.1, 0.15) is 30.9 Å². The van der Waals surface area contributed by atoms with Crippen LogP contribution in [0.3, 0.4) is 0 Å². The topological polar surface area (TPSA) is 54.9 Å². The molecule has 1 fully saturated rings. The summed E-state index contributed by atoms with van der Waals surface area (Å²) in [5, 5.41) is 6.34. The number of benzene rings is 1. The molecule has 1 saturated heterocycles. The van der Waals surface area contributed by atoms with E-state index in [-0.39, 0.29) is 12.1 Å². The maximum atomic E-state index is 12.8. The molecule has 0 unspecified atom stereocenters. The molecule has 0 spiro atoms. The van der Waals surface area contributed by atoms with E-state index >= 15 is 0 Å². The van der Waals surface area contributed by atoms with Gasteiger partial charge in [-0.3, -0.25) is 0 Å². The average molecular weight is 373 g/mol. The minimum absolute atomic E-state index is 0.155. The van der Waals surface area contributed by atoms with Crippen LogP contribution in [0, 0.1) is 0 Å². The van der Waals surface area contributed by atoms with Crippen LogP contribution in [-0.2, 0) is 22.2 Å². The molecule has 0 radical (unpaired) electrons. The Bertz CT molecular complexity index is 600. The second kappa shape index (κ2) is 9.23. The Hall–Kier alpha value is -1.80. The monoisotopic (exact) mass is 373 g/mol. The number of hydrogen-bond donors (Lipinski definition) is 2. The van der Waals surface area contributed by atoms with Crippen LogP contribution >= 0.6 is 0 Å². The van der Waals surface area contributed by atoms with Crippen LogP contribution in [0.15, 0.2) is 29.3 Å². The molecule has 26 heavy (non-hydrogen) atoms. The highest BCUT2D eigenvalue weighted by Crippen LogP contribution is 2.29. The van der Waals surface area contributed by atoms with Crippen molar-refractivity contribution in [3.63, 3.8) is 0 Å². The molecule has 8 heteroatoms. The van der Waals surface area contributed by atoms with E-state index in [1.54, 1.807) is 13.2 Å². The van der Waals surface area contributed by atoms with Crippen molar-refractivity contribution in [2.75, 3.05) is 33.4 Å². The number of nitrogens with one attached hydrogen (secondary N) is 2. The molecule has 1 heterocycles. The average Bonchev–Trinajstić information content (AvgIpc) is 2.64. The van der Waals surface area contributed by atoms with Gasteiger partial charge in [0, 0.05) is 46.3 Å². The van der Waals surface area contributed by atoms with Gasteiger partial charge < -0.3 is 20.1 Å². The molecular weight excluding hydrogens is 347 g/mol. The molecule has 2 rings (SSSR count). The Kier molecular flexibility index (Phi) is 7.28. The number of methoxy groups -OCH3 is 1. The number of ether oxygens (including phenoxy) is 2. The maximum absolute atomic E-state index is 12.8. The lowest BCUT2D eigenvalue weighted by molar-refractivity contribution is -0.137. The first kappa shape index (κ1) is 20.5. The van der Waals surface area contributed by atoms with E-state index in [1.165, 1.54) is 6.07 Å². The summed E-state index contributed by atoms with van der Waals surface area (Å²) in [6, 6.07) is 5.22. The minimum atomic E-state index is -4.35. The number of hydrogen-bond acceptors (Lipinski definition) is 3. The van der Waals surface area contributed by atoms with E-state index in [4.69, 9.17) is 9.47 Å². The van der Waals surface area contributed by atoms with Crippen molar-refractivity contribution >= 4 is 5.96 Å². The van der Waals surface area contributed by atoms with Crippen molar-refractivity contribution in [2.24, 2.45) is 4.99 Å². The summed E-state index contributed by atoms with van der Waals surface area (Å²) in [5.41, 5.74) is -0.474. The number of halogens is 3. The van der Waals surface area contributed by atoms with Crippen LogP contribution in [0.2, 0.25) is 0 Å². The maximum Gasteiger partial charge on any atom is 0.416 e. The van der Waals surface area contributed by atoms with Crippen molar-refractivity contribution in [2.45, 2.75) is 38.1 Å². The third-order valence-electron chi connectivity index (χ3n) is 4.43. The van der Waals surface area contributed by atoms with E-state index in [9.17, 15) is 13.2 Å². The van der Waals surface area contributed by atoms with Crippen molar-refractivity contribution in [3.05, 3.63) is 35.4 Å². The number of alkyl halides is 3. The molecule has 2 N–H and O–H groups in total. The van der Waals surface area contributed by atoms with Gasteiger partial charge in [0.15, 0.2) is 5.96 Å². The van der Waals surface area contributed by atoms with Gasteiger partial charge in [0.2, 0.25) is 0 Å². The lowest BCUT2D eigenvalue weighted by Crippen LogP contribution is -2.50. The smallest absolute Gasteiger partial charge is 0.381 e. The first-order valence-electron chi connectivity index (χ1n) is 8.70. The van der Waals surface area contributed by atoms with E-state index in [0.29, 0.717) is 37.8 Å². The molecule has 0 saturated carbocycles. The molecule has 1 aliphatic heterocycles. The number of nitrogens with zero attached hydrogens (tertiary/aromatic N) is 1. The lowest BCUT2D eigenvalue weighted by Gasteiger charge is -2.36. The zero-order chi connectivity index (χ0) is 19.0. The second-order valence-corrected chi connectivity index (χ2v) is 6.25. The molecule has 0 bridgehead atoms.